The topological polar surface area (TPSA) is 79.8 Å². The summed E-state index contributed by atoms with van der Waals surface area (Å²) in [5.74, 6) is -2.60. The first-order chi connectivity index (χ1) is 12.7. The number of rotatable bonds is 4. The molecule has 0 spiro atoms. The van der Waals surface area contributed by atoms with Crippen LogP contribution in [0.2, 0.25) is 0 Å². The van der Waals surface area contributed by atoms with Crippen LogP contribution in [0, 0.1) is 5.95 Å². The van der Waals surface area contributed by atoms with Crippen LogP contribution in [-0.4, -0.2) is 39.6 Å². The van der Waals surface area contributed by atoms with E-state index in [2.05, 4.69) is 25.6 Å². The number of halogens is 5. The molecule has 2 N–H and O–H groups in total. The molecule has 1 saturated heterocycles. The second-order valence-corrected chi connectivity index (χ2v) is 5.98. The van der Waals surface area contributed by atoms with Crippen molar-refractivity contribution < 1.29 is 26.7 Å². The molecule has 1 amide bonds. The van der Waals surface area contributed by atoms with Crippen LogP contribution in [0.15, 0.2) is 24.7 Å². The third-order valence-corrected chi connectivity index (χ3v) is 4.00. The molecule has 3 heterocycles. The van der Waals surface area contributed by atoms with E-state index in [1.807, 2.05) is 0 Å². The Morgan fingerprint density at radius 1 is 1.19 bits per heavy atom. The minimum absolute atomic E-state index is 0.0237. The molecule has 0 bridgehead atoms. The van der Waals surface area contributed by atoms with E-state index in [1.165, 1.54) is 6.07 Å². The van der Waals surface area contributed by atoms with Gasteiger partial charge in [-0.3, -0.25) is 4.79 Å². The van der Waals surface area contributed by atoms with Crippen molar-refractivity contribution in [2.45, 2.75) is 31.4 Å². The number of pyridine rings is 1. The Morgan fingerprint density at radius 3 is 2.44 bits per heavy atom. The molecule has 3 rings (SSSR count). The van der Waals surface area contributed by atoms with Gasteiger partial charge in [-0.15, -0.1) is 0 Å². The van der Waals surface area contributed by atoms with Crippen LogP contribution >= 0.6 is 0 Å². The molecule has 144 valence electrons. The molecule has 1 aliphatic heterocycles. The van der Waals surface area contributed by atoms with Gasteiger partial charge in [0, 0.05) is 54.8 Å². The van der Waals surface area contributed by atoms with E-state index in [4.69, 9.17) is 0 Å². The van der Waals surface area contributed by atoms with Gasteiger partial charge in [-0.2, -0.15) is 17.6 Å². The van der Waals surface area contributed by atoms with E-state index in [1.54, 1.807) is 0 Å². The zero-order chi connectivity index (χ0) is 19.6. The Hall–Kier alpha value is -2.69. The second-order valence-electron chi connectivity index (χ2n) is 5.98. The summed E-state index contributed by atoms with van der Waals surface area (Å²) in [6.07, 6.45) is -2.70. The van der Waals surface area contributed by atoms with Gasteiger partial charge >= 0.3 is 6.18 Å². The van der Waals surface area contributed by atoms with Crippen LogP contribution in [0.1, 0.15) is 17.8 Å². The number of alkyl halides is 4. The highest BCUT2D eigenvalue weighted by atomic mass is 19.4. The monoisotopic (exact) mass is 387 g/mol. The third-order valence-electron chi connectivity index (χ3n) is 4.00. The van der Waals surface area contributed by atoms with Gasteiger partial charge < -0.3 is 10.6 Å². The Bertz CT molecular complexity index is 827. The Balaban J connectivity index is 1.71. The maximum atomic E-state index is 13.9. The average Bonchev–Trinajstić information content (AvgIpc) is 3.07. The van der Waals surface area contributed by atoms with E-state index in [9.17, 15) is 26.7 Å². The van der Waals surface area contributed by atoms with Gasteiger partial charge in [0.2, 0.25) is 17.7 Å². The molecule has 0 aromatic carbocycles. The summed E-state index contributed by atoms with van der Waals surface area (Å²) in [5, 5.41) is 5.19. The minimum atomic E-state index is -4.66. The molecular formula is C16H14F5N5O. The molecule has 2 aromatic rings. The number of nitrogens with zero attached hydrogens (tertiary/aromatic N) is 3. The number of nitrogens with one attached hydrogen (secondary N) is 2. The smallest absolute Gasteiger partial charge is 0.350 e. The van der Waals surface area contributed by atoms with Gasteiger partial charge in [0.25, 0.3) is 0 Å². The first kappa shape index (κ1) is 19.1. The predicted molar refractivity (Wildman–Crippen MR) is 83.4 cm³/mol. The summed E-state index contributed by atoms with van der Waals surface area (Å²) < 4.78 is 64.5. The van der Waals surface area contributed by atoms with Crippen molar-refractivity contribution in [2.75, 3.05) is 6.54 Å². The SMILES string of the molecule is O=C(NCc1cc(-c2cnc(C(F)(F)F)nc2)cnc1F)C1CC(F)CN1. The second kappa shape index (κ2) is 7.51. The highest BCUT2D eigenvalue weighted by Crippen LogP contribution is 2.27. The van der Waals surface area contributed by atoms with Crippen LogP contribution in [0.5, 0.6) is 0 Å². The maximum absolute atomic E-state index is 13.9. The van der Waals surface area contributed by atoms with Crippen LogP contribution in [-0.2, 0) is 17.5 Å². The van der Waals surface area contributed by atoms with Crippen LogP contribution in [0.25, 0.3) is 11.1 Å². The first-order valence-corrected chi connectivity index (χ1v) is 7.93. The van der Waals surface area contributed by atoms with E-state index >= 15 is 0 Å². The predicted octanol–water partition coefficient (Wildman–Crippen LogP) is 2.01. The Labute approximate surface area is 150 Å². The lowest BCUT2D eigenvalue weighted by Gasteiger charge is -2.12. The zero-order valence-corrected chi connectivity index (χ0v) is 13.7. The van der Waals surface area contributed by atoms with Crippen molar-refractivity contribution in [1.29, 1.82) is 0 Å². The number of amides is 1. The first-order valence-electron chi connectivity index (χ1n) is 7.93. The fourth-order valence-electron chi connectivity index (χ4n) is 2.60. The fraction of sp³-hybridized carbons (Fsp3) is 0.375. The van der Waals surface area contributed by atoms with Crippen LogP contribution in [0.4, 0.5) is 22.0 Å². The van der Waals surface area contributed by atoms with Gasteiger partial charge in [0.15, 0.2) is 0 Å². The summed E-state index contributed by atoms with van der Waals surface area (Å²) in [7, 11) is 0. The quantitative estimate of drug-likeness (QED) is 0.620. The maximum Gasteiger partial charge on any atom is 0.451 e. The molecule has 2 unspecified atom stereocenters. The van der Waals surface area contributed by atoms with Gasteiger partial charge in [-0.25, -0.2) is 19.3 Å². The molecule has 2 aromatic heterocycles. The Morgan fingerprint density at radius 2 is 1.85 bits per heavy atom. The average molecular weight is 387 g/mol. The summed E-state index contributed by atoms with van der Waals surface area (Å²) in [5.41, 5.74) is 0.522. The summed E-state index contributed by atoms with van der Waals surface area (Å²) >= 11 is 0. The van der Waals surface area contributed by atoms with Crippen LogP contribution in [0.3, 0.4) is 0 Å². The molecule has 1 fully saturated rings. The van der Waals surface area contributed by atoms with Gasteiger partial charge in [-0.05, 0) is 6.07 Å². The molecule has 0 aliphatic carbocycles. The minimum Gasteiger partial charge on any atom is -0.350 e. The van der Waals surface area contributed by atoms with Crippen molar-refractivity contribution >= 4 is 5.91 Å². The normalized spacial score (nSPS) is 19.9. The van der Waals surface area contributed by atoms with Gasteiger partial charge in [-0.1, -0.05) is 0 Å². The number of carbonyl (C=O) groups excluding carboxylic acids is 1. The van der Waals surface area contributed by atoms with Gasteiger partial charge in [0.05, 0.1) is 6.04 Å². The zero-order valence-electron chi connectivity index (χ0n) is 13.7. The number of carbonyl (C=O) groups is 1. The van der Waals surface area contributed by atoms with Crippen molar-refractivity contribution in [3.05, 3.63) is 42.0 Å². The molecule has 6 nitrogen and oxygen atoms in total. The lowest BCUT2D eigenvalue weighted by Crippen LogP contribution is -2.40. The lowest BCUT2D eigenvalue weighted by atomic mass is 10.1. The van der Waals surface area contributed by atoms with Crippen molar-refractivity contribution in [3.8, 4) is 11.1 Å². The van der Waals surface area contributed by atoms with Crippen molar-refractivity contribution in [1.82, 2.24) is 25.6 Å². The van der Waals surface area contributed by atoms with Crippen molar-refractivity contribution in [2.24, 2.45) is 0 Å². The van der Waals surface area contributed by atoms with Gasteiger partial charge in [0.1, 0.15) is 6.17 Å². The standard InChI is InChI=1S/C16H14F5N5O/c17-11-2-12(22-7-11)14(27)24-4-9-1-8(3-23-13(9)18)10-5-25-15(26-6-10)16(19,20)21/h1,3,5-6,11-12,22H,2,4,7H2,(H,24,27). The molecule has 2 atom stereocenters. The molecule has 0 saturated carbocycles. The van der Waals surface area contributed by atoms with E-state index < -0.39 is 36.1 Å². The summed E-state index contributed by atoms with van der Waals surface area (Å²) in [4.78, 5) is 22.0. The number of hydrogen-bond donors (Lipinski definition) is 2. The highest BCUT2D eigenvalue weighted by molar-refractivity contribution is 5.82. The molecule has 0 radical (unpaired) electrons. The summed E-state index contributed by atoms with van der Waals surface area (Å²) in [6, 6.07) is 0.636. The molecular weight excluding hydrogens is 373 g/mol. The molecule has 11 heteroatoms. The van der Waals surface area contributed by atoms with E-state index in [0.29, 0.717) is 0 Å². The van der Waals surface area contributed by atoms with Crippen molar-refractivity contribution in [3.63, 3.8) is 0 Å². The number of aromatic nitrogens is 3. The fourth-order valence-corrected chi connectivity index (χ4v) is 2.60. The van der Waals surface area contributed by atoms with E-state index in [0.717, 1.165) is 18.6 Å². The summed E-state index contributed by atoms with van der Waals surface area (Å²) in [6.45, 7) is -0.125. The Kier molecular flexibility index (Phi) is 5.31. The highest BCUT2D eigenvalue weighted by Gasteiger charge is 2.34. The number of hydrogen-bond acceptors (Lipinski definition) is 5. The molecule has 1 aliphatic rings. The lowest BCUT2D eigenvalue weighted by molar-refractivity contribution is -0.145. The van der Waals surface area contributed by atoms with E-state index in [-0.39, 0.29) is 36.2 Å². The molecule has 27 heavy (non-hydrogen) atoms. The largest absolute Gasteiger partial charge is 0.451 e. The third kappa shape index (κ3) is 4.54. The van der Waals surface area contributed by atoms with Crippen LogP contribution < -0.4 is 10.6 Å².